The Bertz CT molecular complexity index is 262. The van der Waals surface area contributed by atoms with Crippen LogP contribution in [0.5, 0.6) is 11.5 Å². The number of benzene rings is 1. The average molecular weight is 247 g/mol. The van der Waals surface area contributed by atoms with Gasteiger partial charge >= 0.3 is 0 Å². The van der Waals surface area contributed by atoms with Crippen LogP contribution in [-0.4, -0.2) is 14.2 Å². The standard InChI is InChI=1S/C9H12O2.C3H8.V/c1-7-4-5-8(10-2)9(6-7)11-3;1-3-2;/h4-6H,1-3H3;3H2,1-2H3;. The van der Waals surface area contributed by atoms with Gasteiger partial charge in [-0.05, 0) is 24.6 Å². The summed E-state index contributed by atoms with van der Waals surface area (Å²) in [6.45, 7) is 6.27. The third kappa shape index (κ3) is 6.48. The van der Waals surface area contributed by atoms with Gasteiger partial charge in [0.15, 0.2) is 11.5 Å². The van der Waals surface area contributed by atoms with Crippen LogP contribution in [0.4, 0.5) is 0 Å². The third-order valence-corrected chi connectivity index (χ3v) is 1.54. The van der Waals surface area contributed by atoms with Crippen LogP contribution < -0.4 is 9.47 Å². The van der Waals surface area contributed by atoms with Crippen LogP contribution in [0.3, 0.4) is 0 Å². The Morgan fingerprint density at radius 1 is 1.00 bits per heavy atom. The normalized spacial score (nSPS) is 8.07. The van der Waals surface area contributed by atoms with E-state index in [0.717, 1.165) is 11.5 Å². The Kier molecular flexibility index (Phi) is 11.1. The van der Waals surface area contributed by atoms with Crippen LogP contribution >= 0.6 is 0 Å². The predicted octanol–water partition coefficient (Wildman–Crippen LogP) is 3.43. The van der Waals surface area contributed by atoms with Crippen molar-refractivity contribution in [1.29, 1.82) is 0 Å². The van der Waals surface area contributed by atoms with Gasteiger partial charge < -0.3 is 9.47 Å². The minimum absolute atomic E-state index is 0. The molecular weight excluding hydrogens is 227 g/mol. The minimum atomic E-state index is 0. The quantitative estimate of drug-likeness (QED) is 0.797. The van der Waals surface area contributed by atoms with E-state index in [0.29, 0.717) is 0 Å². The van der Waals surface area contributed by atoms with E-state index in [1.165, 1.54) is 12.0 Å². The Labute approximate surface area is 105 Å². The molecule has 0 bridgehead atoms. The summed E-state index contributed by atoms with van der Waals surface area (Å²) in [5.41, 5.74) is 1.17. The van der Waals surface area contributed by atoms with Gasteiger partial charge in [0.05, 0.1) is 14.2 Å². The molecule has 15 heavy (non-hydrogen) atoms. The molecule has 1 radical (unpaired) electrons. The fraction of sp³-hybridized carbons (Fsp3) is 0.500. The summed E-state index contributed by atoms with van der Waals surface area (Å²) in [4.78, 5) is 0. The van der Waals surface area contributed by atoms with Crippen molar-refractivity contribution in [1.82, 2.24) is 0 Å². The van der Waals surface area contributed by atoms with Crippen molar-refractivity contribution >= 4 is 0 Å². The number of methoxy groups -OCH3 is 2. The first-order valence-corrected chi connectivity index (χ1v) is 4.88. The summed E-state index contributed by atoms with van der Waals surface area (Å²) in [6.07, 6.45) is 1.25. The van der Waals surface area contributed by atoms with Crippen molar-refractivity contribution in [2.45, 2.75) is 27.2 Å². The van der Waals surface area contributed by atoms with Gasteiger partial charge in [0.2, 0.25) is 0 Å². The molecule has 1 rings (SSSR count). The Morgan fingerprint density at radius 2 is 1.47 bits per heavy atom. The van der Waals surface area contributed by atoms with Crippen LogP contribution in [0, 0.1) is 6.92 Å². The number of ether oxygens (including phenoxy) is 2. The van der Waals surface area contributed by atoms with Gasteiger partial charge in [-0.3, -0.25) is 0 Å². The summed E-state index contributed by atoms with van der Waals surface area (Å²) in [5.74, 6) is 1.56. The number of aryl methyl sites for hydroxylation is 1. The fourth-order valence-electron chi connectivity index (χ4n) is 0.943. The van der Waals surface area contributed by atoms with E-state index in [2.05, 4.69) is 13.8 Å². The summed E-state index contributed by atoms with van der Waals surface area (Å²) in [5, 5.41) is 0. The van der Waals surface area contributed by atoms with E-state index in [1.807, 2.05) is 25.1 Å². The Hall–Kier alpha value is -0.596. The molecule has 1 aromatic rings. The van der Waals surface area contributed by atoms with Gasteiger partial charge in [0, 0.05) is 18.6 Å². The van der Waals surface area contributed by atoms with Crippen molar-refractivity contribution < 1.29 is 28.0 Å². The van der Waals surface area contributed by atoms with Crippen molar-refractivity contribution in [3.05, 3.63) is 23.8 Å². The molecule has 85 valence electrons. The molecule has 0 heterocycles. The van der Waals surface area contributed by atoms with Crippen LogP contribution in [0.1, 0.15) is 25.8 Å². The zero-order chi connectivity index (χ0) is 11.0. The molecular formula is C12H20O2V. The molecule has 0 saturated carbocycles. The molecule has 0 aromatic heterocycles. The Balaban J connectivity index is 0. The smallest absolute Gasteiger partial charge is 0.160 e. The molecule has 0 aliphatic rings. The summed E-state index contributed by atoms with van der Waals surface area (Å²) >= 11 is 0. The predicted molar refractivity (Wildman–Crippen MR) is 60.2 cm³/mol. The number of hydrogen-bond acceptors (Lipinski definition) is 2. The molecule has 0 aliphatic heterocycles. The zero-order valence-corrected chi connectivity index (χ0v) is 11.6. The monoisotopic (exact) mass is 247 g/mol. The van der Waals surface area contributed by atoms with E-state index in [9.17, 15) is 0 Å². The SMILES string of the molecule is CCC.COc1ccc(C)cc1OC.[V]. The van der Waals surface area contributed by atoms with Crippen LogP contribution in [0.2, 0.25) is 0 Å². The Morgan fingerprint density at radius 3 is 1.87 bits per heavy atom. The summed E-state index contributed by atoms with van der Waals surface area (Å²) in [6, 6.07) is 5.83. The molecule has 0 N–H and O–H groups in total. The zero-order valence-electron chi connectivity index (χ0n) is 10.2. The second-order valence-corrected chi connectivity index (χ2v) is 3.07. The first kappa shape index (κ1) is 16.8. The van der Waals surface area contributed by atoms with Crippen molar-refractivity contribution in [3.63, 3.8) is 0 Å². The molecule has 2 nitrogen and oxygen atoms in total. The van der Waals surface area contributed by atoms with Crippen molar-refractivity contribution in [3.8, 4) is 11.5 Å². The first-order valence-electron chi connectivity index (χ1n) is 4.88. The molecule has 0 unspecified atom stereocenters. The van der Waals surface area contributed by atoms with Crippen molar-refractivity contribution in [2.24, 2.45) is 0 Å². The molecule has 1 aromatic carbocycles. The third-order valence-electron chi connectivity index (χ3n) is 1.54. The largest absolute Gasteiger partial charge is 0.493 e. The minimum Gasteiger partial charge on any atom is -0.493 e. The van der Waals surface area contributed by atoms with Gasteiger partial charge in [-0.25, -0.2) is 0 Å². The molecule has 0 amide bonds. The summed E-state index contributed by atoms with van der Waals surface area (Å²) in [7, 11) is 3.27. The van der Waals surface area contributed by atoms with Crippen LogP contribution in [0.25, 0.3) is 0 Å². The molecule has 3 heteroatoms. The van der Waals surface area contributed by atoms with E-state index in [1.54, 1.807) is 14.2 Å². The van der Waals surface area contributed by atoms with Gasteiger partial charge in [0.25, 0.3) is 0 Å². The van der Waals surface area contributed by atoms with Crippen LogP contribution in [-0.2, 0) is 18.6 Å². The number of rotatable bonds is 2. The molecule has 0 spiro atoms. The molecule has 0 atom stereocenters. The van der Waals surface area contributed by atoms with E-state index in [4.69, 9.17) is 9.47 Å². The molecule has 0 aliphatic carbocycles. The summed E-state index contributed by atoms with van der Waals surface area (Å²) < 4.78 is 10.2. The van der Waals surface area contributed by atoms with Crippen molar-refractivity contribution in [2.75, 3.05) is 14.2 Å². The van der Waals surface area contributed by atoms with Crippen LogP contribution in [0.15, 0.2) is 18.2 Å². The maximum atomic E-state index is 5.09. The molecule has 0 saturated heterocycles. The van der Waals surface area contributed by atoms with Gasteiger partial charge in [-0.2, -0.15) is 0 Å². The topological polar surface area (TPSA) is 18.5 Å². The van der Waals surface area contributed by atoms with Gasteiger partial charge in [-0.15, -0.1) is 0 Å². The fourth-order valence-corrected chi connectivity index (χ4v) is 0.943. The van der Waals surface area contributed by atoms with E-state index < -0.39 is 0 Å². The number of hydrogen-bond donors (Lipinski definition) is 0. The second-order valence-electron chi connectivity index (χ2n) is 3.07. The van der Waals surface area contributed by atoms with E-state index >= 15 is 0 Å². The molecule has 0 fully saturated rings. The average Bonchev–Trinajstić information content (AvgIpc) is 2.19. The maximum absolute atomic E-state index is 5.09. The van der Waals surface area contributed by atoms with E-state index in [-0.39, 0.29) is 18.6 Å². The van der Waals surface area contributed by atoms with Gasteiger partial charge in [0.1, 0.15) is 0 Å². The second kappa shape index (κ2) is 9.94. The van der Waals surface area contributed by atoms with Gasteiger partial charge in [-0.1, -0.05) is 26.3 Å². The first-order chi connectivity index (χ1) is 6.69. The maximum Gasteiger partial charge on any atom is 0.160 e.